The number of ether oxygens (including phenoxy) is 12. The summed E-state index contributed by atoms with van der Waals surface area (Å²) in [5, 5.41) is 20.5. The van der Waals surface area contributed by atoms with E-state index in [-0.39, 0.29) is 110 Å². The zero-order chi connectivity index (χ0) is 46.9. The highest BCUT2D eigenvalue weighted by Crippen LogP contribution is 2.51. The van der Waals surface area contributed by atoms with E-state index in [9.17, 15) is 10.2 Å². The molecular formula is C55H76O14. The number of fused-ring (bicyclic) bond motifs is 9. The van der Waals surface area contributed by atoms with Gasteiger partial charge < -0.3 is 67.1 Å². The molecule has 0 spiro atoms. The molecule has 69 heavy (non-hydrogen) atoms. The van der Waals surface area contributed by atoms with Crippen LogP contribution in [0.25, 0.3) is 0 Å². The van der Waals surface area contributed by atoms with Crippen molar-refractivity contribution >= 4 is 0 Å². The van der Waals surface area contributed by atoms with Gasteiger partial charge in [0.25, 0.3) is 0 Å². The molecule has 0 aromatic heterocycles. The smallest absolute Gasteiger partial charge is 0.107 e. The van der Waals surface area contributed by atoms with Gasteiger partial charge in [-0.3, -0.25) is 0 Å². The molecule has 10 saturated heterocycles. The Hall–Kier alpha value is -2.12. The lowest BCUT2D eigenvalue weighted by Crippen LogP contribution is -2.62. The molecule has 0 unspecified atom stereocenters. The summed E-state index contributed by atoms with van der Waals surface area (Å²) >= 11 is 0. The zero-order valence-corrected chi connectivity index (χ0v) is 40.8. The molecule has 14 heteroatoms. The second kappa shape index (κ2) is 19.6. The number of aliphatic hydroxyl groups excluding tert-OH is 2. The van der Waals surface area contributed by atoms with E-state index in [1.807, 2.05) is 24.3 Å². The predicted octanol–water partition coefficient (Wildman–Crippen LogP) is 6.45. The lowest BCUT2D eigenvalue weighted by atomic mass is 9.81. The summed E-state index contributed by atoms with van der Waals surface area (Å²) in [4.78, 5) is 0. The number of hydrogen-bond donors (Lipinski definition) is 2. The number of rotatable bonds is 9. The lowest BCUT2D eigenvalue weighted by Gasteiger charge is -2.53. The molecule has 12 rings (SSSR count). The molecule has 0 bridgehead atoms. The molecule has 22 atom stereocenters. The van der Waals surface area contributed by atoms with Gasteiger partial charge in [0.05, 0.1) is 146 Å². The van der Waals surface area contributed by atoms with Crippen molar-refractivity contribution in [3.63, 3.8) is 0 Å². The Morgan fingerprint density at radius 3 is 1.43 bits per heavy atom. The molecular weight excluding hydrogens is 885 g/mol. The van der Waals surface area contributed by atoms with Crippen LogP contribution in [0, 0.1) is 0 Å². The standard InChI is InChI=1S/C55H76O14/c1-53-18-14-35-40(22-34(57)49(29-56)63-35)64-50(53)27-44-47(68-53)24-42-37(60-44)16-20-55(3)52(66-42)28-45-48(69-55)25-41-36(61-45)15-19-54(2)51(65-41)26-43-46(67-54)23-39(59-31-33-12-8-5-9-13-33)38(62-43)17-21-58-30-32-10-6-4-7-11-32/h4-13,34-52,56-57H,14-31H2,1-3H3/t34-,35-,36-,37-,38-,39-,40+,41+,42+,43+,44+,45+,46-,47-,48-,49+,50-,51-,52-,53+,54+,55+/m0/s1. The van der Waals surface area contributed by atoms with Crippen LogP contribution in [0.4, 0.5) is 0 Å². The van der Waals surface area contributed by atoms with Crippen LogP contribution in [-0.2, 0) is 70.1 Å². The predicted molar refractivity (Wildman–Crippen MR) is 249 cm³/mol. The van der Waals surface area contributed by atoms with Gasteiger partial charge in [-0.2, -0.15) is 0 Å². The number of aliphatic hydroxyl groups is 2. The first-order chi connectivity index (χ1) is 33.5. The highest BCUT2D eigenvalue weighted by Gasteiger charge is 2.60. The Bertz CT molecular complexity index is 2030. The first-order valence-corrected chi connectivity index (χ1v) is 26.7. The molecule has 2 aromatic carbocycles. The zero-order valence-electron chi connectivity index (χ0n) is 40.8. The molecule has 2 aromatic rings. The first kappa shape index (κ1) is 47.9. The van der Waals surface area contributed by atoms with Crippen LogP contribution in [0.15, 0.2) is 60.7 Å². The van der Waals surface area contributed by atoms with Crippen molar-refractivity contribution in [2.45, 2.75) is 257 Å². The second-order valence-electron chi connectivity index (χ2n) is 22.9. The summed E-state index contributed by atoms with van der Waals surface area (Å²) in [6.07, 6.45) is 6.99. The molecule has 0 radical (unpaired) electrons. The van der Waals surface area contributed by atoms with Gasteiger partial charge >= 0.3 is 0 Å². The largest absolute Gasteiger partial charge is 0.394 e. The van der Waals surface area contributed by atoms with Crippen molar-refractivity contribution in [1.29, 1.82) is 0 Å². The fourth-order valence-corrected chi connectivity index (χ4v) is 14.1. The van der Waals surface area contributed by atoms with Crippen molar-refractivity contribution in [3.8, 4) is 0 Å². The molecule has 10 fully saturated rings. The van der Waals surface area contributed by atoms with Gasteiger partial charge in [0, 0.05) is 51.6 Å². The van der Waals surface area contributed by atoms with E-state index >= 15 is 0 Å². The van der Waals surface area contributed by atoms with Gasteiger partial charge in [-0.1, -0.05) is 60.7 Å². The van der Waals surface area contributed by atoms with E-state index < -0.39 is 29.0 Å². The van der Waals surface area contributed by atoms with E-state index in [2.05, 4.69) is 57.2 Å². The second-order valence-corrected chi connectivity index (χ2v) is 22.9. The fourth-order valence-electron chi connectivity index (χ4n) is 14.1. The van der Waals surface area contributed by atoms with Crippen LogP contribution >= 0.6 is 0 Å². The number of hydrogen-bond acceptors (Lipinski definition) is 14. The third-order valence-electron chi connectivity index (χ3n) is 18.2. The fraction of sp³-hybridized carbons (Fsp3) is 0.782. The minimum atomic E-state index is -0.756. The SMILES string of the molecule is C[C@@]12CC[C@@H]3O[C@@H]4C[C@@H]5O[C@@H]6C[C@@H]7O[C@]8(C)CC[C@@H]9O[C@H](CO)[C@@H](O)C[C@H]9O[C@H]8C[C@H]7O[C@H]6CC[C@@]5(C)O[C@H]4C[C@H]3O[C@H]1C[C@H]1O[C@@H](CCOCc3ccccc3)[C@@H](OCc3ccccc3)C[C@@H]1O2. The summed E-state index contributed by atoms with van der Waals surface area (Å²) in [5.74, 6) is 0. The molecule has 14 nitrogen and oxygen atoms in total. The summed E-state index contributed by atoms with van der Waals surface area (Å²) in [6, 6.07) is 20.7. The minimum Gasteiger partial charge on any atom is -0.394 e. The van der Waals surface area contributed by atoms with Crippen LogP contribution in [-0.4, -0.2) is 156 Å². The number of benzene rings is 2. The molecule has 10 aliphatic heterocycles. The maximum atomic E-state index is 10.7. The average molecular weight is 961 g/mol. The quantitative estimate of drug-likeness (QED) is 0.265. The molecule has 10 heterocycles. The van der Waals surface area contributed by atoms with Crippen LogP contribution in [0.3, 0.4) is 0 Å². The van der Waals surface area contributed by atoms with E-state index in [1.165, 1.54) is 0 Å². The summed E-state index contributed by atoms with van der Waals surface area (Å²) < 4.78 is 82.4. The van der Waals surface area contributed by atoms with Gasteiger partial charge in [-0.05, 0) is 76.8 Å². The van der Waals surface area contributed by atoms with Crippen molar-refractivity contribution in [2.24, 2.45) is 0 Å². The normalized spacial score (nSPS) is 49.2. The maximum Gasteiger partial charge on any atom is 0.107 e. The highest BCUT2D eigenvalue weighted by molar-refractivity contribution is 5.15. The van der Waals surface area contributed by atoms with Crippen molar-refractivity contribution in [2.75, 3.05) is 13.2 Å². The monoisotopic (exact) mass is 961 g/mol. The highest BCUT2D eigenvalue weighted by atomic mass is 16.6. The van der Waals surface area contributed by atoms with Gasteiger partial charge in [0.15, 0.2) is 0 Å². The minimum absolute atomic E-state index is 0.0694. The summed E-state index contributed by atoms with van der Waals surface area (Å²) in [6.45, 7) is 8.08. The third-order valence-corrected chi connectivity index (χ3v) is 18.2. The van der Waals surface area contributed by atoms with Crippen molar-refractivity contribution in [3.05, 3.63) is 71.8 Å². The van der Waals surface area contributed by atoms with E-state index in [1.54, 1.807) is 0 Å². The maximum absolute atomic E-state index is 10.7. The van der Waals surface area contributed by atoms with Gasteiger partial charge in [-0.15, -0.1) is 0 Å². The first-order valence-electron chi connectivity index (χ1n) is 26.7. The summed E-state index contributed by atoms with van der Waals surface area (Å²) in [7, 11) is 0. The van der Waals surface area contributed by atoms with Crippen LogP contribution in [0.5, 0.6) is 0 Å². The Morgan fingerprint density at radius 1 is 0.478 bits per heavy atom. The van der Waals surface area contributed by atoms with Crippen LogP contribution in [0.2, 0.25) is 0 Å². The van der Waals surface area contributed by atoms with E-state index in [0.29, 0.717) is 26.2 Å². The molecule has 380 valence electrons. The molecule has 2 N–H and O–H groups in total. The van der Waals surface area contributed by atoms with Gasteiger partial charge in [0.2, 0.25) is 0 Å². The molecule has 0 saturated carbocycles. The van der Waals surface area contributed by atoms with Crippen molar-refractivity contribution < 1.29 is 67.1 Å². The third kappa shape index (κ3) is 9.65. The molecule has 0 amide bonds. The Kier molecular flexibility index (Phi) is 13.6. The molecule has 10 aliphatic rings. The van der Waals surface area contributed by atoms with Gasteiger partial charge in [0.1, 0.15) is 6.10 Å². The van der Waals surface area contributed by atoms with Crippen LogP contribution in [0.1, 0.15) is 122 Å². The Balaban J connectivity index is 0.684. The Morgan fingerprint density at radius 2 is 0.913 bits per heavy atom. The topological polar surface area (TPSA) is 151 Å². The lowest BCUT2D eigenvalue weighted by molar-refractivity contribution is -0.313. The van der Waals surface area contributed by atoms with Gasteiger partial charge in [-0.25, -0.2) is 0 Å². The van der Waals surface area contributed by atoms with Crippen molar-refractivity contribution in [1.82, 2.24) is 0 Å². The van der Waals surface area contributed by atoms with E-state index in [4.69, 9.17) is 56.8 Å². The van der Waals surface area contributed by atoms with E-state index in [0.717, 1.165) is 94.6 Å². The van der Waals surface area contributed by atoms with Crippen LogP contribution < -0.4 is 0 Å². The summed E-state index contributed by atoms with van der Waals surface area (Å²) in [5.41, 5.74) is 0.802. The average Bonchev–Trinajstić information content (AvgIpc) is 3.65. The molecule has 0 aliphatic carbocycles. The Labute approximate surface area is 407 Å².